The molecule has 0 saturated carbocycles. The molecule has 7 heteroatoms. The lowest BCUT2D eigenvalue weighted by molar-refractivity contribution is 0.0600. The number of ether oxygens (including phenoxy) is 1. The quantitative estimate of drug-likeness (QED) is 0.662. The smallest absolute Gasteiger partial charge is 0.337 e. The highest BCUT2D eigenvalue weighted by Gasteiger charge is 2.14. The number of methoxy groups -OCH3 is 1. The Bertz CT molecular complexity index is 944. The van der Waals surface area contributed by atoms with Crippen LogP contribution < -0.4 is 5.32 Å². The summed E-state index contributed by atoms with van der Waals surface area (Å²) in [4.78, 5) is 23.7. The van der Waals surface area contributed by atoms with Crippen LogP contribution in [-0.4, -0.2) is 35.3 Å². The molecule has 0 bridgehead atoms. The Morgan fingerprint density at radius 3 is 2.48 bits per heavy atom. The zero-order chi connectivity index (χ0) is 19.4. The number of hydrogen-bond donors (Lipinski definition) is 1. The van der Waals surface area contributed by atoms with Gasteiger partial charge in [-0.25, -0.2) is 4.79 Å². The summed E-state index contributed by atoms with van der Waals surface area (Å²) < 4.78 is 6.57. The van der Waals surface area contributed by atoms with Crippen molar-refractivity contribution in [3.05, 3.63) is 63.6 Å². The lowest BCUT2D eigenvalue weighted by Gasteiger charge is -2.08. The second-order valence-electron chi connectivity index (χ2n) is 6.11. The highest BCUT2D eigenvalue weighted by atomic mass is 32.1. The topological polar surface area (TPSA) is 73.2 Å². The molecule has 0 radical (unpaired) electrons. The Morgan fingerprint density at radius 2 is 1.85 bits per heavy atom. The van der Waals surface area contributed by atoms with E-state index in [9.17, 15) is 9.59 Å². The van der Waals surface area contributed by atoms with Gasteiger partial charge in [0.25, 0.3) is 5.91 Å². The van der Waals surface area contributed by atoms with Crippen molar-refractivity contribution >= 4 is 23.2 Å². The Morgan fingerprint density at radius 1 is 1.15 bits per heavy atom. The number of carbonyl (C=O) groups excluding carboxylic acids is 2. The second kappa shape index (κ2) is 8.18. The molecule has 1 N–H and O–H groups in total. The van der Waals surface area contributed by atoms with E-state index in [1.165, 1.54) is 12.7 Å². The predicted molar refractivity (Wildman–Crippen MR) is 105 cm³/mol. The normalized spacial score (nSPS) is 10.6. The fourth-order valence-electron chi connectivity index (χ4n) is 2.99. The first-order valence-electron chi connectivity index (χ1n) is 8.54. The average molecular weight is 383 g/mol. The highest BCUT2D eigenvalue weighted by Crippen LogP contribution is 2.28. The summed E-state index contributed by atoms with van der Waals surface area (Å²) in [5.41, 5.74) is 5.31. The third kappa shape index (κ3) is 4.09. The van der Waals surface area contributed by atoms with Crippen molar-refractivity contribution in [2.24, 2.45) is 0 Å². The number of benzene rings is 1. The molecule has 3 aromatic rings. The van der Waals surface area contributed by atoms with Crippen molar-refractivity contribution in [2.45, 2.75) is 20.4 Å². The highest BCUT2D eigenvalue weighted by molar-refractivity contribution is 7.08. The molecule has 2 heterocycles. The van der Waals surface area contributed by atoms with Gasteiger partial charge in [0.1, 0.15) is 0 Å². The van der Waals surface area contributed by atoms with Crippen LogP contribution in [0.15, 0.2) is 41.1 Å². The molecule has 2 aromatic heterocycles. The van der Waals surface area contributed by atoms with Crippen molar-refractivity contribution < 1.29 is 14.3 Å². The number of thiophene rings is 1. The fraction of sp³-hybridized carbons (Fsp3) is 0.250. The SMILES string of the molecule is COC(=O)c1ccc(C(=O)NCCn2nc(C)c(-c3ccsc3)c2C)cc1. The Labute approximate surface area is 161 Å². The molecule has 3 rings (SSSR count). The average Bonchev–Trinajstić information content (AvgIpc) is 3.29. The number of amides is 1. The monoisotopic (exact) mass is 383 g/mol. The fourth-order valence-corrected chi connectivity index (χ4v) is 3.64. The van der Waals surface area contributed by atoms with Crippen LogP contribution in [0.3, 0.4) is 0 Å². The van der Waals surface area contributed by atoms with Crippen molar-refractivity contribution in [3.8, 4) is 11.1 Å². The van der Waals surface area contributed by atoms with Crippen LogP contribution >= 0.6 is 11.3 Å². The minimum Gasteiger partial charge on any atom is -0.465 e. The van der Waals surface area contributed by atoms with E-state index >= 15 is 0 Å². The molecular formula is C20H21N3O3S. The summed E-state index contributed by atoms with van der Waals surface area (Å²) in [6, 6.07) is 8.47. The number of rotatable bonds is 6. The maximum atomic E-state index is 12.3. The van der Waals surface area contributed by atoms with Crippen LogP contribution in [0, 0.1) is 13.8 Å². The number of esters is 1. The van der Waals surface area contributed by atoms with Gasteiger partial charge in [0.05, 0.1) is 24.9 Å². The summed E-state index contributed by atoms with van der Waals surface area (Å²) in [6.45, 7) is 5.09. The maximum absolute atomic E-state index is 12.3. The van der Waals surface area contributed by atoms with E-state index in [0.29, 0.717) is 24.2 Å². The molecule has 0 aliphatic rings. The number of aromatic nitrogens is 2. The Hall–Kier alpha value is -2.93. The molecule has 0 aliphatic heterocycles. The molecule has 0 atom stereocenters. The standard InChI is InChI=1S/C20H21N3O3S/c1-13-18(17-8-11-27-12-17)14(2)23(22-13)10-9-21-19(24)15-4-6-16(7-5-15)20(25)26-3/h4-8,11-12H,9-10H2,1-3H3,(H,21,24). The lowest BCUT2D eigenvalue weighted by atomic mass is 10.1. The predicted octanol–water partition coefficient (Wildman–Crippen LogP) is 3.45. The summed E-state index contributed by atoms with van der Waals surface area (Å²) in [6.07, 6.45) is 0. The zero-order valence-corrected chi connectivity index (χ0v) is 16.3. The van der Waals surface area contributed by atoms with Gasteiger partial charge >= 0.3 is 5.97 Å². The van der Waals surface area contributed by atoms with E-state index in [2.05, 4.69) is 32.0 Å². The first kappa shape index (κ1) is 18.8. The Kier molecular flexibility index (Phi) is 5.71. The van der Waals surface area contributed by atoms with E-state index < -0.39 is 5.97 Å². The van der Waals surface area contributed by atoms with Gasteiger partial charge in [0.2, 0.25) is 0 Å². The van der Waals surface area contributed by atoms with Crippen LogP contribution in [0.1, 0.15) is 32.1 Å². The van der Waals surface area contributed by atoms with Gasteiger partial charge in [-0.15, -0.1) is 0 Å². The first-order chi connectivity index (χ1) is 13.0. The van der Waals surface area contributed by atoms with Crippen LogP contribution in [-0.2, 0) is 11.3 Å². The molecule has 0 spiro atoms. The van der Waals surface area contributed by atoms with E-state index in [1.54, 1.807) is 35.6 Å². The van der Waals surface area contributed by atoms with Crippen molar-refractivity contribution in [1.82, 2.24) is 15.1 Å². The van der Waals surface area contributed by atoms with Crippen LogP contribution in [0.2, 0.25) is 0 Å². The molecule has 0 aliphatic carbocycles. The van der Waals surface area contributed by atoms with Gasteiger partial charge < -0.3 is 10.1 Å². The molecule has 0 saturated heterocycles. The van der Waals surface area contributed by atoms with Gasteiger partial charge in [-0.3, -0.25) is 9.48 Å². The van der Waals surface area contributed by atoms with Gasteiger partial charge in [-0.2, -0.15) is 16.4 Å². The minimum absolute atomic E-state index is 0.189. The van der Waals surface area contributed by atoms with Crippen molar-refractivity contribution in [1.29, 1.82) is 0 Å². The summed E-state index contributed by atoms with van der Waals surface area (Å²) in [5.74, 6) is -0.612. The molecule has 140 valence electrons. The molecule has 27 heavy (non-hydrogen) atoms. The third-order valence-corrected chi connectivity index (χ3v) is 5.05. The first-order valence-corrected chi connectivity index (χ1v) is 9.48. The minimum atomic E-state index is -0.423. The van der Waals surface area contributed by atoms with Crippen molar-refractivity contribution in [3.63, 3.8) is 0 Å². The molecule has 0 unspecified atom stereocenters. The summed E-state index contributed by atoms with van der Waals surface area (Å²) in [5, 5.41) is 11.6. The molecule has 1 aromatic carbocycles. The zero-order valence-electron chi connectivity index (χ0n) is 15.5. The molecular weight excluding hydrogens is 362 g/mol. The maximum Gasteiger partial charge on any atom is 0.337 e. The number of nitrogens with zero attached hydrogens (tertiary/aromatic N) is 2. The van der Waals surface area contributed by atoms with Crippen molar-refractivity contribution in [2.75, 3.05) is 13.7 Å². The van der Waals surface area contributed by atoms with E-state index in [0.717, 1.165) is 17.0 Å². The summed E-state index contributed by atoms with van der Waals surface area (Å²) in [7, 11) is 1.33. The molecule has 6 nitrogen and oxygen atoms in total. The number of nitrogens with one attached hydrogen (secondary N) is 1. The van der Waals surface area contributed by atoms with Crippen LogP contribution in [0.25, 0.3) is 11.1 Å². The van der Waals surface area contributed by atoms with Crippen LogP contribution in [0.5, 0.6) is 0 Å². The van der Waals surface area contributed by atoms with Crippen LogP contribution in [0.4, 0.5) is 0 Å². The number of carbonyl (C=O) groups is 2. The van der Waals surface area contributed by atoms with E-state index in [4.69, 9.17) is 0 Å². The van der Waals surface area contributed by atoms with Gasteiger partial charge in [-0.1, -0.05) is 0 Å². The molecule has 1 amide bonds. The Balaban J connectivity index is 1.61. The summed E-state index contributed by atoms with van der Waals surface area (Å²) >= 11 is 1.66. The van der Waals surface area contributed by atoms with Gasteiger partial charge in [-0.05, 0) is 60.5 Å². The number of hydrogen-bond acceptors (Lipinski definition) is 5. The second-order valence-corrected chi connectivity index (χ2v) is 6.89. The third-order valence-electron chi connectivity index (χ3n) is 4.37. The van der Waals surface area contributed by atoms with Gasteiger partial charge in [0.15, 0.2) is 0 Å². The largest absolute Gasteiger partial charge is 0.465 e. The van der Waals surface area contributed by atoms with E-state index in [1.807, 2.05) is 18.5 Å². The lowest BCUT2D eigenvalue weighted by Crippen LogP contribution is -2.27. The van der Waals surface area contributed by atoms with Gasteiger partial charge in [0, 0.05) is 23.4 Å². The number of aryl methyl sites for hydroxylation is 1. The molecule has 0 fully saturated rings. The van der Waals surface area contributed by atoms with E-state index in [-0.39, 0.29) is 5.91 Å².